The predicted octanol–water partition coefficient (Wildman–Crippen LogP) is 2.05. The van der Waals surface area contributed by atoms with E-state index < -0.39 is 0 Å². The van der Waals surface area contributed by atoms with Crippen LogP contribution in [0.3, 0.4) is 0 Å². The van der Waals surface area contributed by atoms with Gasteiger partial charge in [-0.25, -0.2) is 0 Å². The lowest BCUT2D eigenvalue weighted by atomic mass is 10.1. The lowest BCUT2D eigenvalue weighted by molar-refractivity contribution is 0.0258. The summed E-state index contributed by atoms with van der Waals surface area (Å²) < 4.78 is 11.0. The zero-order valence-electron chi connectivity index (χ0n) is 11.9. The molecule has 4 heteroatoms. The van der Waals surface area contributed by atoms with Gasteiger partial charge in [-0.05, 0) is 36.6 Å². The molecular formula is C15H24N2O2. The Morgan fingerprint density at radius 3 is 3.05 bits per heavy atom. The SMILES string of the molecule is CCc1cc(NCCC2CNCCO2)ccc1OC. The van der Waals surface area contributed by atoms with Crippen molar-refractivity contribution in [3.05, 3.63) is 23.8 Å². The third-order valence-electron chi connectivity index (χ3n) is 3.46. The second-order valence-corrected chi connectivity index (χ2v) is 4.79. The van der Waals surface area contributed by atoms with Crippen LogP contribution in [0.2, 0.25) is 0 Å². The second kappa shape index (κ2) is 7.36. The minimum absolute atomic E-state index is 0.338. The van der Waals surface area contributed by atoms with Gasteiger partial charge in [-0.1, -0.05) is 6.92 Å². The van der Waals surface area contributed by atoms with E-state index in [9.17, 15) is 0 Å². The Bertz CT molecular complexity index is 390. The third-order valence-corrected chi connectivity index (χ3v) is 3.46. The summed E-state index contributed by atoms with van der Waals surface area (Å²) in [4.78, 5) is 0. The lowest BCUT2D eigenvalue weighted by Gasteiger charge is -2.23. The van der Waals surface area contributed by atoms with Crippen LogP contribution in [0.15, 0.2) is 18.2 Å². The molecule has 0 aromatic heterocycles. The van der Waals surface area contributed by atoms with Gasteiger partial charge in [0.15, 0.2) is 0 Å². The quantitative estimate of drug-likeness (QED) is 0.825. The first-order valence-electron chi connectivity index (χ1n) is 7.06. The molecule has 0 amide bonds. The van der Waals surface area contributed by atoms with Crippen LogP contribution in [0, 0.1) is 0 Å². The Hall–Kier alpha value is -1.26. The maximum atomic E-state index is 5.67. The number of nitrogens with one attached hydrogen (secondary N) is 2. The van der Waals surface area contributed by atoms with E-state index in [1.165, 1.54) is 5.56 Å². The Morgan fingerprint density at radius 1 is 1.47 bits per heavy atom. The first-order chi connectivity index (χ1) is 9.33. The first-order valence-corrected chi connectivity index (χ1v) is 7.06. The average molecular weight is 264 g/mol. The van der Waals surface area contributed by atoms with Gasteiger partial charge in [-0.3, -0.25) is 0 Å². The maximum Gasteiger partial charge on any atom is 0.122 e. The Balaban J connectivity index is 1.81. The Kier molecular flexibility index (Phi) is 5.48. The van der Waals surface area contributed by atoms with E-state index in [4.69, 9.17) is 9.47 Å². The Labute approximate surface area is 115 Å². The summed E-state index contributed by atoms with van der Waals surface area (Å²) >= 11 is 0. The molecule has 1 aliphatic heterocycles. The largest absolute Gasteiger partial charge is 0.496 e. The van der Waals surface area contributed by atoms with Gasteiger partial charge in [-0.15, -0.1) is 0 Å². The fourth-order valence-electron chi connectivity index (χ4n) is 2.35. The van der Waals surface area contributed by atoms with Crippen LogP contribution in [0.1, 0.15) is 18.9 Å². The van der Waals surface area contributed by atoms with Gasteiger partial charge in [0.2, 0.25) is 0 Å². The molecule has 0 saturated carbocycles. The van der Waals surface area contributed by atoms with Crippen LogP contribution in [0.4, 0.5) is 5.69 Å². The topological polar surface area (TPSA) is 42.5 Å². The zero-order valence-corrected chi connectivity index (χ0v) is 11.9. The van der Waals surface area contributed by atoms with Gasteiger partial charge in [0.1, 0.15) is 5.75 Å². The molecule has 0 spiro atoms. The van der Waals surface area contributed by atoms with Crippen molar-refractivity contribution in [1.29, 1.82) is 0 Å². The molecule has 0 bridgehead atoms. The fraction of sp³-hybridized carbons (Fsp3) is 0.600. The van der Waals surface area contributed by atoms with Crippen LogP contribution in [-0.4, -0.2) is 39.5 Å². The van der Waals surface area contributed by atoms with Crippen molar-refractivity contribution in [2.75, 3.05) is 38.7 Å². The molecular weight excluding hydrogens is 240 g/mol. The van der Waals surface area contributed by atoms with Gasteiger partial charge in [0.05, 0.1) is 19.8 Å². The number of morpholine rings is 1. The van der Waals surface area contributed by atoms with Gasteiger partial charge >= 0.3 is 0 Å². The van der Waals surface area contributed by atoms with E-state index in [1.54, 1.807) is 7.11 Å². The molecule has 2 rings (SSSR count). The summed E-state index contributed by atoms with van der Waals surface area (Å²) in [5, 5.41) is 6.80. The van der Waals surface area contributed by atoms with Crippen molar-refractivity contribution in [3.63, 3.8) is 0 Å². The third kappa shape index (κ3) is 4.11. The fourth-order valence-corrected chi connectivity index (χ4v) is 2.35. The first kappa shape index (κ1) is 14.2. The lowest BCUT2D eigenvalue weighted by Crippen LogP contribution is -2.39. The molecule has 1 aliphatic rings. The molecule has 0 radical (unpaired) electrons. The molecule has 1 atom stereocenters. The Morgan fingerprint density at radius 2 is 2.37 bits per heavy atom. The normalized spacial score (nSPS) is 19.2. The number of benzene rings is 1. The monoisotopic (exact) mass is 264 g/mol. The maximum absolute atomic E-state index is 5.67. The second-order valence-electron chi connectivity index (χ2n) is 4.79. The summed E-state index contributed by atoms with van der Waals surface area (Å²) in [7, 11) is 1.72. The van der Waals surface area contributed by atoms with Crippen molar-refractivity contribution < 1.29 is 9.47 Å². The number of ether oxygens (including phenoxy) is 2. The minimum atomic E-state index is 0.338. The number of hydrogen-bond donors (Lipinski definition) is 2. The summed E-state index contributed by atoms with van der Waals surface area (Å²) in [5.74, 6) is 0.966. The van der Waals surface area contributed by atoms with E-state index in [2.05, 4.69) is 29.7 Å². The molecule has 1 aromatic rings. The zero-order chi connectivity index (χ0) is 13.5. The van der Waals surface area contributed by atoms with Crippen LogP contribution in [-0.2, 0) is 11.2 Å². The molecule has 1 saturated heterocycles. The van der Waals surface area contributed by atoms with Crippen molar-refractivity contribution in [3.8, 4) is 5.75 Å². The van der Waals surface area contributed by atoms with Gasteiger partial charge in [0, 0.05) is 25.3 Å². The van der Waals surface area contributed by atoms with Gasteiger partial charge in [0.25, 0.3) is 0 Å². The molecule has 1 fully saturated rings. The highest BCUT2D eigenvalue weighted by Gasteiger charge is 2.12. The van der Waals surface area contributed by atoms with Crippen molar-refractivity contribution in [2.24, 2.45) is 0 Å². The number of anilines is 1. The molecule has 2 N–H and O–H groups in total. The molecule has 0 aliphatic carbocycles. The van der Waals surface area contributed by atoms with E-state index in [0.29, 0.717) is 6.10 Å². The van der Waals surface area contributed by atoms with Crippen molar-refractivity contribution in [2.45, 2.75) is 25.9 Å². The molecule has 4 nitrogen and oxygen atoms in total. The predicted molar refractivity (Wildman–Crippen MR) is 78.1 cm³/mol. The molecule has 1 heterocycles. The highest BCUT2D eigenvalue weighted by Crippen LogP contribution is 2.23. The van der Waals surface area contributed by atoms with Crippen LogP contribution in [0.25, 0.3) is 0 Å². The summed E-state index contributed by atoms with van der Waals surface area (Å²) in [6, 6.07) is 6.26. The van der Waals surface area contributed by atoms with Gasteiger partial charge in [-0.2, -0.15) is 0 Å². The van der Waals surface area contributed by atoms with Crippen LogP contribution >= 0.6 is 0 Å². The standard InChI is InChI=1S/C15H24N2O2/c1-3-12-10-13(4-5-15(12)18-2)17-7-6-14-11-16-8-9-19-14/h4-5,10,14,16-17H,3,6-9,11H2,1-2H3. The number of rotatable bonds is 6. The number of methoxy groups -OCH3 is 1. The smallest absolute Gasteiger partial charge is 0.122 e. The van der Waals surface area contributed by atoms with Crippen LogP contribution < -0.4 is 15.4 Å². The van der Waals surface area contributed by atoms with E-state index in [0.717, 1.165) is 50.5 Å². The summed E-state index contributed by atoms with van der Waals surface area (Å²) in [6.45, 7) is 5.84. The van der Waals surface area contributed by atoms with Gasteiger partial charge < -0.3 is 20.1 Å². The van der Waals surface area contributed by atoms with Crippen molar-refractivity contribution >= 4 is 5.69 Å². The summed E-state index contributed by atoms with van der Waals surface area (Å²) in [6.07, 6.45) is 2.35. The number of aryl methyl sites for hydroxylation is 1. The minimum Gasteiger partial charge on any atom is -0.496 e. The molecule has 1 unspecified atom stereocenters. The van der Waals surface area contributed by atoms with E-state index in [1.807, 2.05) is 6.07 Å². The molecule has 19 heavy (non-hydrogen) atoms. The number of hydrogen-bond acceptors (Lipinski definition) is 4. The highest BCUT2D eigenvalue weighted by molar-refractivity contribution is 5.51. The highest BCUT2D eigenvalue weighted by atomic mass is 16.5. The van der Waals surface area contributed by atoms with Crippen molar-refractivity contribution in [1.82, 2.24) is 5.32 Å². The molecule has 1 aromatic carbocycles. The van der Waals surface area contributed by atoms with E-state index >= 15 is 0 Å². The van der Waals surface area contributed by atoms with Crippen LogP contribution in [0.5, 0.6) is 5.75 Å². The average Bonchev–Trinajstić information content (AvgIpc) is 2.48. The summed E-state index contributed by atoms with van der Waals surface area (Å²) in [5.41, 5.74) is 2.39. The van der Waals surface area contributed by atoms with E-state index in [-0.39, 0.29) is 0 Å². The molecule has 106 valence electrons.